The number of benzene rings is 1. The van der Waals surface area contributed by atoms with Crippen LogP contribution < -0.4 is 5.73 Å². The molecule has 3 N–H and O–H groups in total. The summed E-state index contributed by atoms with van der Waals surface area (Å²) in [6.45, 7) is 0. The van der Waals surface area contributed by atoms with Crippen LogP contribution in [0.4, 0.5) is 5.69 Å². The highest BCUT2D eigenvalue weighted by molar-refractivity contribution is 7.85. The second-order valence-electron chi connectivity index (χ2n) is 2.78. The zero-order valence-electron chi connectivity index (χ0n) is 7.27. The normalized spacial score (nSPS) is 11.6. The van der Waals surface area contributed by atoms with Gasteiger partial charge in [0.05, 0.1) is 4.90 Å². The molecule has 6 heteroatoms. The molecule has 14 heavy (non-hydrogen) atoms. The summed E-state index contributed by atoms with van der Waals surface area (Å²) in [6.07, 6.45) is 0.372. The molecule has 0 aliphatic heterocycles. The van der Waals surface area contributed by atoms with Crippen molar-refractivity contribution in [2.45, 2.75) is 11.3 Å². The Labute approximate surface area is 87.4 Å². The van der Waals surface area contributed by atoms with Crippen molar-refractivity contribution in [2.24, 2.45) is 0 Å². The Bertz CT molecular complexity index is 430. The molecule has 0 saturated carbocycles. The zero-order valence-corrected chi connectivity index (χ0v) is 8.85. The van der Waals surface area contributed by atoms with Crippen LogP contribution in [0.2, 0.25) is 0 Å². The lowest BCUT2D eigenvalue weighted by Crippen LogP contribution is -2.04. The standard InChI is InChI=1S/C8H10ClNO3S/c9-4-3-6-1-2-7(10)5-8(6)14(11,12)13/h1-2,5H,3-4,10H2,(H,11,12,13). The topological polar surface area (TPSA) is 80.4 Å². The number of alkyl halides is 1. The lowest BCUT2D eigenvalue weighted by Gasteiger charge is -2.05. The number of halogens is 1. The van der Waals surface area contributed by atoms with Crippen molar-refractivity contribution in [2.75, 3.05) is 11.6 Å². The molecule has 1 rings (SSSR count). The van der Waals surface area contributed by atoms with Crippen LogP contribution >= 0.6 is 11.6 Å². The molecule has 0 unspecified atom stereocenters. The molecule has 0 aromatic heterocycles. The first-order valence-electron chi connectivity index (χ1n) is 3.87. The Kier molecular flexibility index (Phi) is 3.36. The number of hydrogen-bond acceptors (Lipinski definition) is 3. The summed E-state index contributed by atoms with van der Waals surface area (Å²) in [5, 5.41) is 0. The molecular weight excluding hydrogens is 226 g/mol. The van der Waals surface area contributed by atoms with E-state index >= 15 is 0 Å². The summed E-state index contributed by atoms with van der Waals surface area (Å²) < 4.78 is 30.8. The minimum absolute atomic E-state index is 0.168. The summed E-state index contributed by atoms with van der Waals surface area (Å²) in [6, 6.07) is 4.33. The fourth-order valence-corrected chi connectivity index (χ4v) is 2.11. The van der Waals surface area contributed by atoms with Gasteiger partial charge in [-0.25, -0.2) is 0 Å². The first-order valence-corrected chi connectivity index (χ1v) is 5.84. The maximum absolute atomic E-state index is 10.9. The molecule has 0 aliphatic carbocycles. The number of hydrogen-bond donors (Lipinski definition) is 2. The van der Waals surface area contributed by atoms with E-state index < -0.39 is 10.1 Å². The summed E-state index contributed by atoms with van der Waals surface area (Å²) in [4.78, 5) is -0.168. The third kappa shape index (κ3) is 2.60. The molecule has 0 spiro atoms. The number of anilines is 1. The quantitative estimate of drug-likeness (QED) is 0.470. The molecule has 0 radical (unpaired) electrons. The van der Waals surface area contributed by atoms with Crippen LogP contribution in [-0.4, -0.2) is 18.9 Å². The van der Waals surface area contributed by atoms with E-state index in [-0.39, 0.29) is 16.5 Å². The Morgan fingerprint density at radius 1 is 1.43 bits per heavy atom. The van der Waals surface area contributed by atoms with E-state index in [1.54, 1.807) is 12.1 Å². The van der Waals surface area contributed by atoms with Gasteiger partial charge in [-0.3, -0.25) is 4.55 Å². The average Bonchev–Trinajstić information content (AvgIpc) is 2.07. The van der Waals surface area contributed by atoms with Gasteiger partial charge in [-0.15, -0.1) is 11.6 Å². The largest absolute Gasteiger partial charge is 0.399 e. The smallest absolute Gasteiger partial charge is 0.294 e. The van der Waals surface area contributed by atoms with Crippen LogP contribution in [0.5, 0.6) is 0 Å². The predicted octanol–water partition coefficient (Wildman–Crippen LogP) is 1.30. The van der Waals surface area contributed by atoms with Crippen molar-refractivity contribution in [1.29, 1.82) is 0 Å². The number of nitrogens with two attached hydrogens (primary N) is 1. The molecule has 0 atom stereocenters. The molecule has 4 nitrogen and oxygen atoms in total. The van der Waals surface area contributed by atoms with E-state index in [1.165, 1.54) is 6.07 Å². The lowest BCUT2D eigenvalue weighted by atomic mass is 10.1. The minimum atomic E-state index is -4.22. The van der Waals surface area contributed by atoms with Crippen LogP contribution in [0.1, 0.15) is 5.56 Å². The number of nitrogen functional groups attached to an aromatic ring is 1. The molecule has 78 valence electrons. The third-order valence-electron chi connectivity index (χ3n) is 1.73. The van der Waals surface area contributed by atoms with Crippen molar-refractivity contribution in [3.8, 4) is 0 Å². The Hall–Kier alpha value is -0.780. The lowest BCUT2D eigenvalue weighted by molar-refractivity contribution is 0.482. The second-order valence-corrected chi connectivity index (χ2v) is 4.55. The van der Waals surface area contributed by atoms with Crippen molar-refractivity contribution in [3.05, 3.63) is 23.8 Å². The molecular formula is C8H10ClNO3S. The van der Waals surface area contributed by atoms with E-state index in [9.17, 15) is 8.42 Å². The molecule has 0 fully saturated rings. The Morgan fingerprint density at radius 3 is 2.57 bits per heavy atom. The van der Waals surface area contributed by atoms with Crippen molar-refractivity contribution in [3.63, 3.8) is 0 Å². The van der Waals surface area contributed by atoms with Crippen LogP contribution in [-0.2, 0) is 16.5 Å². The maximum atomic E-state index is 10.9. The van der Waals surface area contributed by atoms with Gasteiger partial charge in [-0.05, 0) is 24.1 Å². The highest BCUT2D eigenvalue weighted by Crippen LogP contribution is 2.19. The first-order chi connectivity index (χ1) is 6.45. The average molecular weight is 236 g/mol. The van der Waals surface area contributed by atoms with E-state index in [1.807, 2.05) is 0 Å². The summed E-state index contributed by atoms with van der Waals surface area (Å²) in [5.74, 6) is 0.284. The van der Waals surface area contributed by atoms with Crippen molar-refractivity contribution >= 4 is 27.4 Å². The minimum Gasteiger partial charge on any atom is -0.399 e. The van der Waals surface area contributed by atoms with Gasteiger partial charge in [0, 0.05) is 11.6 Å². The highest BCUT2D eigenvalue weighted by Gasteiger charge is 2.14. The molecule has 0 heterocycles. The molecule has 0 bridgehead atoms. The number of aryl methyl sites for hydroxylation is 1. The molecule has 1 aromatic carbocycles. The van der Waals surface area contributed by atoms with E-state index in [2.05, 4.69) is 0 Å². The molecule has 0 amide bonds. The van der Waals surface area contributed by atoms with Gasteiger partial charge in [0.15, 0.2) is 0 Å². The van der Waals surface area contributed by atoms with Gasteiger partial charge < -0.3 is 5.73 Å². The monoisotopic (exact) mass is 235 g/mol. The Balaban J connectivity index is 3.30. The summed E-state index contributed by atoms with van der Waals surface area (Å²) in [7, 11) is -4.22. The SMILES string of the molecule is Nc1ccc(CCCl)c(S(=O)(=O)O)c1. The van der Waals surface area contributed by atoms with Gasteiger partial charge >= 0.3 is 0 Å². The first kappa shape index (κ1) is 11.3. The van der Waals surface area contributed by atoms with Crippen LogP contribution in [0.3, 0.4) is 0 Å². The second kappa shape index (κ2) is 4.16. The van der Waals surface area contributed by atoms with E-state index in [4.69, 9.17) is 21.9 Å². The molecule has 0 aliphatic rings. The van der Waals surface area contributed by atoms with Crippen LogP contribution in [0, 0.1) is 0 Å². The van der Waals surface area contributed by atoms with Gasteiger partial charge in [0.1, 0.15) is 0 Å². The highest BCUT2D eigenvalue weighted by atomic mass is 35.5. The fourth-order valence-electron chi connectivity index (χ4n) is 1.12. The third-order valence-corrected chi connectivity index (χ3v) is 2.86. The molecule has 0 saturated heterocycles. The van der Waals surface area contributed by atoms with Gasteiger partial charge in [0.2, 0.25) is 0 Å². The fraction of sp³-hybridized carbons (Fsp3) is 0.250. The van der Waals surface area contributed by atoms with Crippen molar-refractivity contribution < 1.29 is 13.0 Å². The van der Waals surface area contributed by atoms with Gasteiger partial charge in [-0.2, -0.15) is 8.42 Å². The zero-order chi connectivity index (χ0) is 10.8. The summed E-state index contributed by atoms with van der Waals surface area (Å²) in [5.41, 5.74) is 6.17. The molecule has 1 aromatic rings. The van der Waals surface area contributed by atoms with Crippen LogP contribution in [0.15, 0.2) is 23.1 Å². The number of rotatable bonds is 3. The van der Waals surface area contributed by atoms with Crippen LogP contribution in [0.25, 0.3) is 0 Å². The van der Waals surface area contributed by atoms with Crippen molar-refractivity contribution in [1.82, 2.24) is 0 Å². The van der Waals surface area contributed by atoms with E-state index in [0.717, 1.165) is 0 Å². The van der Waals surface area contributed by atoms with E-state index in [0.29, 0.717) is 12.0 Å². The Morgan fingerprint density at radius 2 is 2.07 bits per heavy atom. The summed E-state index contributed by atoms with van der Waals surface area (Å²) >= 11 is 5.49. The van der Waals surface area contributed by atoms with Gasteiger partial charge in [0.25, 0.3) is 10.1 Å². The predicted molar refractivity (Wildman–Crippen MR) is 55.1 cm³/mol. The maximum Gasteiger partial charge on any atom is 0.294 e. The van der Waals surface area contributed by atoms with Gasteiger partial charge in [-0.1, -0.05) is 6.07 Å².